The summed E-state index contributed by atoms with van der Waals surface area (Å²) in [4.78, 5) is 0. The topological polar surface area (TPSA) is 9.23 Å². The summed E-state index contributed by atoms with van der Waals surface area (Å²) in [5.41, 5.74) is 0. The molecule has 7 heavy (non-hydrogen) atoms. The standard InChI is InChI=1S/C5H10OS/c1-3-6-4-5-7-2/h3H,1,4-5H2,2H3. The van der Waals surface area contributed by atoms with Gasteiger partial charge in [0.1, 0.15) is 0 Å². The molecule has 0 saturated carbocycles. The first-order valence-electron chi connectivity index (χ1n) is 2.13. The van der Waals surface area contributed by atoms with E-state index in [0.717, 1.165) is 12.4 Å². The van der Waals surface area contributed by atoms with Crippen molar-refractivity contribution in [2.45, 2.75) is 0 Å². The van der Waals surface area contributed by atoms with Gasteiger partial charge < -0.3 is 4.74 Å². The molecule has 0 aromatic rings. The lowest BCUT2D eigenvalue weighted by molar-refractivity contribution is 0.274. The van der Waals surface area contributed by atoms with Crippen LogP contribution < -0.4 is 0 Å². The van der Waals surface area contributed by atoms with E-state index >= 15 is 0 Å². The summed E-state index contributed by atoms with van der Waals surface area (Å²) < 4.78 is 4.82. The van der Waals surface area contributed by atoms with Crippen LogP contribution in [0.4, 0.5) is 0 Å². The Bertz CT molecular complexity index is 45.3. The van der Waals surface area contributed by atoms with E-state index in [1.165, 1.54) is 6.26 Å². The van der Waals surface area contributed by atoms with E-state index in [0.29, 0.717) is 0 Å². The highest BCUT2D eigenvalue weighted by molar-refractivity contribution is 7.98. The Morgan fingerprint density at radius 3 is 3.00 bits per heavy atom. The van der Waals surface area contributed by atoms with Crippen molar-refractivity contribution >= 4 is 11.8 Å². The summed E-state index contributed by atoms with van der Waals surface area (Å²) in [6.45, 7) is 4.18. The van der Waals surface area contributed by atoms with E-state index in [-0.39, 0.29) is 0 Å². The third kappa shape index (κ3) is 5.89. The first kappa shape index (κ1) is 6.89. The van der Waals surface area contributed by atoms with Crippen LogP contribution >= 0.6 is 11.8 Å². The molecular formula is C5H10OS. The van der Waals surface area contributed by atoms with Gasteiger partial charge in [-0.15, -0.1) is 0 Å². The summed E-state index contributed by atoms with van der Waals surface area (Å²) in [5.74, 6) is 1.05. The lowest BCUT2D eigenvalue weighted by Crippen LogP contribution is -1.87. The lowest BCUT2D eigenvalue weighted by Gasteiger charge is -1.93. The van der Waals surface area contributed by atoms with Gasteiger partial charge in [-0.3, -0.25) is 0 Å². The van der Waals surface area contributed by atoms with Crippen LogP contribution in [-0.4, -0.2) is 18.6 Å². The van der Waals surface area contributed by atoms with Gasteiger partial charge in [0.15, 0.2) is 0 Å². The number of ether oxygens (including phenoxy) is 1. The second kappa shape index (κ2) is 5.89. The number of thioether (sulfide) groups is 1. The molecule has 0 aromatic carbocycles. The molecule has 0 fully saturated rings. The van der Waals surface area contributed by atoms with E-state index in [2.05, 4.69) is 6.58 Å². The first-order valence-corrected chi connectivity index (χ1v) is 3.52. The van der Waals surface area contributed by atoms with Crippen molar-refractivity contribution in [2.75, 3.05) is 18.6 Å². The SMILES string of the molecule is C=COCCSC. The number of hydrogen-bond acceptors (Lipinski definition) is 2. The Kier molecular flexibility index (Phi) is 5.80. The summed E-state index contributed by atoms with van der Waals surface area (Å²) in [6, 6.07) is 0. The van der Waals surface area contributed by atoms with Crippen molar-refractivity contribution in [3.05, 3.63) is 12.8 Å². The highest BCUT2D eigenvalue weighted by atomic mass is 32.2. The Balaban J connectivity index is 2.56. The summed E-state index contributed by atoms with van der Waals surface area (Å²) in [7, 11) is 0. The zero-order valence-corrected chi connectivity index (χ0v) is 5.33. The highest BCUT2D eigenvalue weighted by Gasteiger charge is 1.76. The minimum Gasteiger partial charge on any atom is -0.501 e. The molecule has 0 bridgehead atoms. The molecule has 2 heteroatoms. The number of rotatable bonds is 4. The molecule has 0 radical (unpaired) electrons. The highest BCUT2D eigenvalue weighted by Crippen LogP contribution is 1.89. The van der Waals surface area contributed by atoms with Gasteiger partial charge in [0, 0.05) is 5.75 Å². The van der Waals surface area contributed by atoms with E-state index in [1.54, 1.807) is 11.8 Å². The van der Waals surface area contributed by atoms with Gasteiger partial charge in [0.05, 0.1) is 12.9 Å². The smallest absolute Gasteiger partial charge is 0.0963 e. The zero-order valence-electron chi connectivity index (χ0n) is 4.52. The van der Waals surface area contributed by atoms with Crippen molar-refractivity contribution in [1.82, 2.24) is 0 Å². The summed E-state index contributed by atoms with van der Waals surface area (Å²) in [5, 5.41) is 0. The fourth-order valence-electron chi connectivity index (χ4n) is 0.215. The van der Waals surface area contributed by atoms with Crippen LogP contribution in [0, 0.1) is 0 Å². The van der Waals surface area contributed by atoms with Crippen LogP contribution in [-0.2, 0) is 4.74 Å². The molecule has 42 valence electrons. The van der Waals surface area contributed by atoms with Crippen molar-refractivity contribution in [3.8, 4) is 0 Å². The molecule has 0 aromatic heterocycles. The molecule has 0 amide bonds. The van der Waals surface area contributed by atoms with Gasteiger partial charge in [-0.05, 0) is 6.26 Å². The third-order valence-electron chi connectivity index (χ3n) is 0.523. The predicted molar refractivity (Wildman–Crippen MR) is 34.5 cm³/mol. The average molecular weight is 118 g/mol. The minimum atomic E-state index is 0.782. The maximum Gasteiger partial charge on any atom is 0.0963 e. The van der Waals surface area contributed by atoms with Crippen LogP contribution in [0.15, 0.2) is 12.8 Å². The summed E-state index contributed by atoms with van der Waals surface area (Å²) >= 11 is 1.77. The molecule has 0 spiro atoms. The molecule has 0 aliphatic carbocycles. The van der Waals surface area contributed by atoms with E-state index in [4.69, 9.17) is 4.74 Å². The second-order valence-electron chi connectivity index (χ2n) is 1.03. The normalized spacial score (nSPS) is 8.14. The predicted octanol–water partition coefficient (Wildman–Crippen LogP) is 1.51. The van der Waals surface area contributed by atoms with Crippen molar-refractivity contribution in [2.24, 2.45) is 0 Å². The van der Waals surface area contributed by atoms with E-state index in [9.17, 15) is 0 Å². The van der Waals surface area contributed by atoms with Crippen molar-refractivity contribution in [1.29, 1.82) is 0 Å². The lowest BCUT2D eigenvalue weighted by atomic mass is 10.8. The van der Waals surface area contributed by atoms with Crippen LogP contribution in [0.2, 0.25) is 0 Å². The van der Waals surface area contributed by atoms with E-state index in [1.807, 2.05) is 6.26 Å². The molecular weight excluding hydrogens is 108 g/mol. The molecule has 0 saturated heterocycles. The maximum atomic E-state index is 4.82. The van der Waals surface area contributed by atoms with Crippen molar-refractivity contribution in [3.63, 3.8) is 0 Å². The molecule has 0 heterocycles. The number of hydrogen-bond donors (Lipinski definition) is 0. The van der Waals surface area contributed by atoms with E-state index < -0.39 is 0 Å². The Labute approximate surface area is 48.7 Å². The Morgan fingerprint density at radius 1 is 1.86 bits per heavy atom. The molecule has 0 N–H and O–H groups in total. The van der Waals surface area contributed by atoms with Gasteiger partial charge >= 0.3 is 0 Å². The molecule has 0 aliphatic rings. The maximum absolute atomic E-state index is 4.82. The van der Waals surface area contributed by atoms with Gasteiger partial charge in [-0.1, -0.05) is 6.58 Å². The fraction of sp³-hybridized carbons (Fsp3) is 0.600. The van der Waals surface area contributed by atoms with Crippen molar-refractivity contribution < 1.29 is 4.74 Å². The largest absolute Gasteiger partial charge is 0.501 e. The second-order valence-corrected chi connectivity index (χ2v) is 2.02. The van der Waals surface area contributed by atoms with Gasteiger partial charge in [-0.2, -0.15) is 11.8 Å². The molecule has 0 atom stereocenters. The van der Waals surface area contributed by atoms with Gasteiger partial charge in [0.2, 0.25) is 0 Å². The van der Waals surface area contributed by atoms with Crippen LogP contribution in [0.5, 0.6) is 0 Å². The average Bonchev–Trinajstić information content (AvgIpc) is 1.69. The monoisotopic (exact) mass is 118 g/mol. The molecule has 0 rings (SSSR count). The zero-order chi connectivity index (χ0) is 5.54. The first-order chi connectivity index (χ1) is 3.41. The van der Waals surface area contributed by atoms with Crippen LogP contribution in [0.3, 0.4) is 0 Å². The molecule has 0 unspecified atom stereocenters. The van der Waals surface area contributed by atoms with Gasteiger partial charge in [-0.25, -0.2) is 0 Å². The van der Waals surface area contributed by atoms with Gasteiger partial charge in [0.25, 0.3) is 0 Å². The Hall–Kier alpha value is -0.110. The molecule has 0 aliphatic heterocycles. The van der Waals surface area contributed by atoms with Crippen LogP contribution in [0.25, 0.3) is 0 Å². The Morgan fingerprint density at radius 2 is 2.57 bits per heavy atom. The minimum absolute atomic E-state index is 0.782. The fourth-order valence-corrected chi connectivity index (χ4v) is 0.478. The quantitative estimate of drug-likeness (QED) is 0.409. The van der Waals surface area contributed by atoms with Crippen LogP contribution in [0.1, 0.15) is 0 Å². The summed E-state index contributed by atoms with van der Waals surface area (Å²) in [6.07, 6.45) is 3.52. The molecule has 1 nitrogen and oxygen atoms in total. The third-order valence-corrected chi connectivity index (χ3v) is 1.10.